The van der Waals surface area contributed by atoms with Gasteiger partial charge in [-0.05, 0) is 44.9 Å². The Kier molecular flexibility index (Phi) is 5.18. The fraction of sp³-hybridized carbons (Fsp3) is 0.278. The fourth-order valence-electron chi connectivity index (χ4n) is 2.75. The molecule has 126 valence electrons. The Hall–Kier alpha value is -2.89. The van der Waals surface area contributed by atoms with Gasteiger partial charge < -0.3 is 10.6 Å². The molecule has 0 aromatic heterocycles. The molecule has 0 radical (unpaired) electrons. The van der Waals surface area contributed by atoms with Crippen LogP contribution in [0.25, 0.3) is 0 Å². The van der Waals surface area contributed by atoms with E-state index in [9.17, 15) is 14.9 Å². The summed E-state index contributed by atoms with van der Waals surface area (Å²) in [6, 6.07) is 8.79. The van der Waals surface area contributed by atoms with Crippen molar-refractivity contribution >= 4 is 23.0 Å². The Morgan fingerprint density at radius 1 is 1.12 bits per heavy atom. The first-order chi connectivity index (χ1) is 11.3. The van der Waals surface area contributed by atoms with Gasteiger partial charge in [0.25, 0.3) is 5.69 Å². The lowest BCUT2D eigenvalue weighted by Gasteiger charge is -2.14. The van der Waals surface area contributed by atoms with Crippen molar-refractivity contribution in [3.05, 3.63) is 62.7 Å². The summed E-state index contributed by atoms with van der Waals surface area (Å²) in [5, 5.41) is 16.8. The normalized spacial score (nSPS) is 10.3. The number of nitro groups is 1. The minimum Gasteiger partial charge on any atom is -0.376 e. The molecular weight excluding hydrogens is 306 g/mol. The van der Waals surface area contributed by atoms with E-state index < -0.39 is 4.92 Å². The third-order valence-corrected chi connectivity index (χ3v) is 3.88. The van der Waals surface area contributed by atoms with Crippen LogP contribution in [-0.2, 0) is 4.79 Å². The van der Waals surface area contributed by atoms with E-state index in [1.54, 1.807) is 19.1 Å². The summed E-state index contributed by atoms with van der Waals surface area (Å²) in [5.41, 5.74) is 5.09. The van der Waals surface area contributed by atoms with Gasteiger partial charge in [0.2, 0.25) is 5.91 Å². The molecule has 24 heavy (non-hydrogen) atoms. The average Bonchev–Trinajstić information content (AvgIpc) is 2.49. The van der Waals surface area contributed by atoms with Crippen LogP contribution in [0.2, 0.25) is 0 Å². The van der Waals surface area contributed by atoms with Gasteiger partial charge in [-0.15, -0.1) is 0 Å². The molecule has 0 fully saturated rings. The van der Waals surface area contributed by atoms with E-state index in [0.717, 1.165) is 22.4 Å². The molecule has 0 atom stereocenters. The molecule has 0 saturated heterocycles. The summed E-state index contributed by atoms with van der Waals surface area (Å²) >= 11 is 0. The minimum atomic E-state index is -0.431. The number of hydrogen-bond donors (Lipinski definition) is 2. The molecule has 2 N–H and O–H groups in total. The molecule has 2 aromatic rings. The number of anilines is 2. The van der Waals surface area contributed by atoms with Gasteiger partial charge in [0.15, 0.2) is 0 Å². The third kappa shape index (κ3) is 3.90. The number of hydrogen-bond acceptors (Lipinski definition) is 4. The molecule has 6 nitrogen and oxygen atoms in total. The Labute approximate surface area is 141 Å². The number of carbonyl (C=O) groups excluding carboxylic acids is 1. The van der Waals surface area contributed by atoms with E-state index in [4.69, 9.17) is 0 Å². The first kappa shape index (κ1) is 17.5. The topological polar surface area (TPSA) is 84.3 Å². The van der Waals surface area contributed by atoms with Crippen LogP contribution in [0.4, 0.5) is 17.1 Å². The van der Waals surface area contributed by atoms with Gasteiger partial charge in [-0.1, -0.05) is 23.8 Å². The van der Waals surface area contributed by atoms with Gasteiger partial charge in [-0.25, -0.2) is 0 Å². The number of nitrogens with one attached hydrogen (secondary N) is 2. The number of rotatable bonds is 5. The van der Waals surface area contributed by atoms with E-state index in [1.165, 1.54) is 6.07 Å². The molecule has 0 aliphatic carbocycles. The van der Waals surface area contributed by atoms with E-state index in [1.807, 2.05) is 32.9 Å². The van der Waals surface area contributed by atoms with Crippen LogP contribution in [0.3, 0.4) is 0 Å². The first-order valence-electron chi connectivity index (χ1n) is 7.65. The Morgan fingerprint density at radius 2 is 1.75 bits per heavy atom. The monoisotopic (exact) mass is 327 g/mol. The van der Waals surface area contributed by atoms with Crippen LogP contribution in [0.5, 0.6) is 0 Å². The second kappa shape index (κ2) is 7.12. The van der Waals surface area contributed by atoms with E-state index in [0.29, 0.717) is 11.3 Å². The van der Waals surface area contributed by atoms with Gasteiger partial charge in [0.1, 0.15) is 0 Å². The van der Waals surface area contributed by atoms with E-state index in [2.05, 4.69) is 10.6 Å². The highest BCUT2D eigenvalue weighted by atomic mass is 16.6. The average molecular weight is 327 g/mol. The summed E-state index contributed by atoms with van der Waals surface area (Å²) in [4.78, 5) is 22.7. The van der Waals surface area contributed by atoms with Crippen molar-refractivity contribution in [2.24, 2.45) is 0 Å². The molecule has 0 aliphatic rings. The van der Waals surface area contributed by atoms with Gasteiger partial charge >= 0.3 is 0 Å². The van der Waals surface area contributed by atoms with Gasteiger partial charge in [0.05, 0.1) is 11.5 Å². The number of amides is 1. The molecule has 1 amide bonds. The summed E-state index contributed by atoms with van der Waals surface area (Å²) in [6.45, 7) is 7.61. The molecule has 0 aliphatic heterocycles. The number of nitro benzene ring substituents is 1. The molecule has 2 rings (SSSR count). The molecule has 0 unspecified atom stereocenters. The Bertz CT molecular complexity index is 777. The standard InChI is InChI=1S/C18H21N3O3/c1-11-8-12(2)18(13(3)9-11)20-17(22)10-19-15-6-5-7-16(14(15)4)21(23)24/h5-9,19H,10H2,1-4H3,(H,20,22). The largest absolute Gasteiger partial charge is 0.376 e. The van der Waals surface area contributed by atoms with Crippen molar-refractivity contribution in [1.82, 2.24) is 0 Å². The van der Waals surface area contributed by atoms with E-state index in [-0.39, 0.29) is 18.1 Å². The summed E-state index contributed by atoms with van der Waals surface area (Å²) in [7, 11) is 0. The number of aryl methyl sites for hydroxylation is 3. The zero-order valence-electron chi connectivity index (χ0n) is 14.3. The SMILES string of the molecule is Cc1cc(C)c(NC(=O)CNc2cccc([N+](=O)[O-])c2C)c(C)c1. The van der Waals surface area contributed by atoms with Crippen LogP contribution in [-0.4, -0.2) is 17.4 Å². The highest BCUT2D eigenvalue weighted by Gasteiger charge is 2.14. The van der Waals surface area contributed by atoms with Gasteiger partial charge in [-0.2, -0.15) is 0 Å². The van der Waals surface area contributed by atoms with Crippen LogP contribution in [0, 0.1) is 37.8 Å². The maximum Gasteiger partial charge on any atom is 0.274 e. The zero-order chi connectivity index (χ0) is 17.9. The summed E-state index contributed by atoms with van der Waals surface area (Å²) < 4.78 is 0. The lowest BCUT2D eigenvalue weighted by atomic mass is 10.1. The second-order valence-corrected chi connectivity index (χ2v) is 5.88. The van der Waals surface area contributed by atoms with Crippen molar-refractivity contribution in [3.63, 3.8) is 0 Å². The van der Waals surface area contributed by atoms with Crippen LogP contribution in [0.15, 0.2) is 30.3 Å². The minimum absolute atomic E-state index is 0.0330. The number of benzene rings is 2. The van der Waals surface area contributed by atoms with Crippen molar-refractivity contribution in [2.75, 3.05) is 17.2 Å². The van der Waals surface area contributed by atoms with Crippen molar-refractivity contribution in [3.8, 4) is 0 Å². The first-order valence-corrected chi connectivity index (χ1v) is 7.65. The lowest BCUT2D eigenvalue weighted by Crippen LogP contribution is -2.23. The number of nitrogens with zero attached hydrogens (tertiary/aromatic N) is 1. The Morgan fingerprint density at radius 3 is 2.33 bits per heavy atom. The highest BCUT2D eigenvalue weighted by molar-refractivity contribution is 5.95. The van der Waals surface area contributed by atoms with Crippen molar-refractivity contribution in [2.45, 2.75) is 27.7 Å². The molecule has 0 saturated carbocycles. The van der Waals surface area contributed by atoms with Gasteiger partial charge in [-0.3, -0.25) is 14.9 Å². The van der Waals surface area contributed by atoms with Gasteiger partial charge in [0, 0.05) is 23.0 Å². The van der Waals surface area contributed by atoms with Crippen LogP contribution < -0.4 is 10.6 Å². The predicted octanol–water partition coefficient (Wildman–Crippen LogP) is 3.88. The maximum atomic E-state index is 12.2. The summed E-state index contributed by atoms with van der Waals surface area (Å²) in [5.74, 6) is -0.198. The Balaban J connectivity index is 2.07. The van der Waals surface area contributed by atoms with Crippen LogP contribution in [0.1, 0.15) is 22.3 Å². The highest BCUT2D eigenvalue weighted by Crippen LogP contribution is 2.25. The predicted molar refractivity (Wildman–Crippen MR) is 95.6 cm³/mol. The molecule has 0 bridgehead atoms. The fourth-order valence-corrected chi connectivity index (χ4v) is 2.75. The third-order valence-electron chi connectivity index (χ3n) is 3.88. The quantitative estimate of drug-likeness (QED) is 0.645. The van der Waals surface area contributed by atoms with E-state index >= 15 is 0 Å². The summed E-state index contributed by atoms with van der Waals surface area (Å²) in [6.07, 6.45) is 0. The molecule has 2 aromatic carbocycles. The van der Waals surface area contributed by atoms with Crippen molar-refractivity contribution < 1.29 is 9.72 Å². The lowest BCUT2D eigenvalue weighted by molar-refractivity contribution is -0.385. The number of carbonyl (C=O) groups is 1. The molecule has 0 heterocycles. The smallest absolute Gasteiger partial charge is 0.274 e. The zero-order valence-corrected chi connectivity index (χ0v) is 14.3. The second-order valence-electron chi connectivity index (χ2n) is 5.88. The molecule has 0 spiro atoms. The maximum absolute atomic E-state index is 12.2. The van der Waals surface area contributed by atoms with Crippen LogP contribution >= 0.6 is 0 Å². The molecule has 6 heteroatoms. The molecular formula is C18H21N3O3. The van der Waals surface area contributed by atoms with Crippen molar-refractivity contribution in [1.29, 1.82) is 0 Å².